The number of ether oxygens (including phenoxy) is 2. The maximum absolute atomic E-state index is 11.9. The van der Waals surface area contributed by atoms with Crippen LogP contribution >= 0.6 is 11.6 Å². The van der Waals surface area contributed by atoms with Gasteiger partial charge in [0.15, 0.2) is 6.61 Å². The van der Waals surface area contributed by atoms with Crippen LogP contribution in [0.5, 0.6) is 5.75 Å². The van der Waals surface area contributed by atoms with Crippen molar-refractivity contribution in [3.63, 3.8) is 0 Å². The number of methoxy groups -OCH3 is 1. The molecule has 0 saturated carbocycles. The Kier molecular flexibility index (Phi) is 7.18. The van der Waals surface area contributed by atoms with E-state index in [0.29, 0.717) is 17.2 Å². The number of amides is 1. The van der Waals surface area contributed by atoms with Crippen molar-refractivity contribution >= 4 is 23.5 Å². The summed E-state index contributed by atoms with van der Waals surface area (Å²) in [5, 5.41) is 3.24. The molecule has 0 spiro atoms. The number of hydrogen-bond donors (Lipinski definition) is 1. The quantitative estimate of drug-likeness (QED) is 0.782. The lowest BCUT2D eigenvalue weighted by Gasteiger charge is -2.18. The van der Waals surface area contributed by atoms with E-state index in [1.165, 1.54) is 7.11 Å². The van der Waals surface area contributed by atoms with Crippen molar-refractivity contribution in [2.24, 2.45) is 5.92 Å². The molecule has 122 valence electrons. The third kappa shape index (κ3) is 5.93. The molecule has 6 heteroatoms. The van der Waals surface area contributed by atoms with Gasteiger partial charge in [0.05, 0.1) is 7.11 Å². The second kappa shape index (κ2) is 8.63. The number of rotatable bonds is 7. The van der Waals surface area contributed by atoms with Crippen LogP contribution in [-0.4, -0.2) is 31.6 Å². The van der Waals surface area contributed by atoms with Crippen molar-refractivity contribution in [1.29, 1.82) is 0 Å². The van der Waals surface area contributed by atoms with E-state index in [2.05, 4.69) is 5.32 Å². The highest BCUT2D eigenvalue weighted by Gasteiger charge is 2.22. The molecule has 1 N–H and O–H groups in total. The summed E-state index contributed by atoms with van der Waals surface area (Å²) < 4.78 is 10.2. The Morgan fingerprint density at radius 1 is 1.32 bits per heavy atom. The van der Waals surface area contributed by atoms with Crippen LogP contribution in [0, 0.1) is 12.8 Å². The Bertz CT molecular complexity index is 531. The summed E-state index contributed by atoms with van der Waals surface area (Å²) in [5.41, 5.74) is 0.840. The van der Waals surface area contributed by atoms with E-state index in [-0.39, 0.29) is 18.4 Å². The van der Waals surface area contributed by atoms with E-state index >= 15 is 0 Å². The Morgan fingerprint density at radius 2 is 2.00 bits per heavy atom. The lowest BCUT2D eigenvalue weighted by molar-refractivity contribution is -0.145. The average Bonchev–Trinajstić information content (AvgIpc) is 2.44. The largest absolute Gasteiger partial charge is 0.484 e. The van der Waals surface area contributed by atoms with Gasteiger partial charge in [-0.05, 0) is 43.0 Å². The Labute approximate surface area is 135 Å². The minimum absolute atomic E-state index is 0.173. The van der Waals surface area contributed by atoms with Gasteiger partial charge < -0.3 is 14.8 Å². The highest BCUT2D eigenvalue weighted by atomic mass is 35.5. The molecule has 1 rings (SSSR count). The number of hydrogen-bond acceptors (Lipinski definition) is 4. The summed E-state index contributed by atoms with van der Waals surface area (Å²) in [5.74, 6) is 0.0111. The Hall–Kier alpha value is -1.75. The monoisotopic (exact) mass is 327 g/mol. The first-order chi connectivity index (χ1) is 10.3. The molecule has 0 unspecified atom stereocenters. The van der Waals surface area contributed by atoms with Gasteiger partial charge in [0.2, 0.25) is 0 Å². The van der Waals surface area contributed by atoms with Crippen LogP contribution in [0.1, 0.15) is 25.8 Å². The van der Waals surface area contributed by atoms with Crippen LogP contribution in [0.4, 0.5) is 0 Å². The van der Waals surface area contributed by atoms with E-state index in [0.717, 1.165) is 5.56 Å². The highest BCUT2D eigenvalue weighted by Crippen LogP contribution is 2.21. The van der Waals surface area contributed by atoms with E-state index in [4.69, 9.17) is 21.1 Å². The molecular formula is C16H22ClNO4. The van der Waals surface area contributed by atoms with Crippen molar-refractivity contribution in [3.05, 3.63) is 28.8 Å². The lowest BCUT2D eigenvalue weighted by Crippen LogP contribution is -2.44. The van der Waals surface area contributed by atoms with E-state index in [9.17, 15) is 9.59 Å². The van der Waals surface area contributed by atoms with E-state index in [1.807, 2.05) is 20.8 Å². The van der Waals surface area contributed by atoms with Crippen LogP contribution < -0.4 is 10.1 Å². The number of benzene rings is 1. The number of nitrogens with one attached hydrogen (secondary N) is 1. The van der Waals surface area contributed by atoms with Gasteiger partial charge >= 0.3 is 5.97 Å². The molecule has 0 aromatic heterocycles. The van der Waals surface area contributed by atoms with Gasteiger partial charge in [-0.2, -0.15) is 0 Å². The molecule has 22 heavy (non-hydrogen) atoms. The molecule has 1 aromatic rings. The van der Waals surface area contributed by atoms with E-state index in [1.54, 1.807) is 18.2 Å². The molecule has 1 amide bonds. The molecule has 0 aliphatic rings. The number of carbonyl (C=O) groups is 2. The predicted octanol–water partition coefficient (Wildman–Crippen LogP) is 2.73. The van der Waals surface area contributed by atoms with Gasteiger partial charge in [-0.15, -0.1) is 0 Å². The zero-order chi connectivity index (χ0) is 16.7. The molecule has 0 radical (unpaired) electrons. The van der Waals surface area contributed by atoms with Gasteiger partial charge in [-0.3, -0.25) is 4.79 Å². The average molecular weight is 328 g/mol. The number of aryl methyl sites for hydroxylation is 1. The topological polar surface area (TPSA) is 64.6 Å². The predicted molar refractivity (Wildman–Crippen MR) is 85.1 cm³/mol. The van der Waals surface area contributed by atoms with Crippen molar-refractivity contribution in [1.82, 2.24) is 5.32 Å². The number of esters is 1. The minimum Gasteiger partial charge on any atom is -0.484 e. The van der Waals surface area contributed by atoms with Crippen molar-refractivity contribution in [3.8, 4) is 5.75 Å². The Balaban J connectivity index is 2.58. The SMILES string of the molecule is COC(=O)[C@@H](CC(C)C)NC(=O)COc1ccc(Cl)cc1C. The number of halogens is 1. The zero-order valence-corrected chi connectivity index (χ0v) is 14.1. The van der Waals surface area contributed by atoms with Gasteiger partial charge in [0, 0.05) is 5.02 Å². The summed E-state index contributed by atoms with van der Waals surface area (Å²) >= 11 is 5.86. The number of carbonyl (C=O) groups excluding carboxylic acids is 2. The van der Waals surface area contributed by atoms with Crippen molar-refractivity contribution in [2.45, 2.75) is 33.2 Å². The van der Waals surface area contributed by atoms with Gasteiger partial charge in [-0.25, -0.2) is 4.79 Å². The summed E-state index contributed by atoms with van der Waals surface area (Å²) in [7, 11) is 1.30. The fraction of sp³-hybridized carbons (Fsp3) is 0.500. The molecule has 0 aliphatic heterocycles. The third-order valence-electron chi connectivity index (χ3n) is 3.02. The minimum atomic E-state index is -0.660. The van der Waals surface area contributed by atoms with E-state index < -0.39 is 12.0 Å². The molecule has 0 heterocycles. The lowest BCUT2D eigenvalue weighted by atomic mass is 10.0. The summed E-state index contributed by atoms with van der Waals surface area (Å²) in [6, 6.07) is 4.49. The molecular weight excluding hydrogens is 306 g/mol. The highest BCUT2D eigenvalue weighted by molar-refractivity contribution is 6.30. The molecule has 0 saturated heterocycles. The van der Waals surface area contributed by atoms with Crippen molar-refractivity contribution < 1.29 is 19.1 Å². The molecule has 0 bridgehead atoms. The summed E-state index contributed by atoms with van der Waals surface area (Å²) in [4.78, 5) is 23.6. The first-order valence-electron chi connectivity index (χ1n) is 7.09. The summed E-state index contributed by atoms with van der Waals surface area (Å²) in [6.07, 6.45) is 0.512. The second-order valence-corrected chi connectivity index (χ2v) is 5.91. The fourth-order valence-electron chi connectivity index (χ4n) is 1.98. The maximum atomic E-state index is 11.9. The smallest absolute Gasteiger partial charge is 0.328 e. The zero-order valence-electron chi connectivity index (χ0n) is 13.3. The first kappa shape index (κ1) is 18.3. The normalized spacial score (nSPS) is 11.9. The molecule has 1 atom stereocenters. The molecule has 5 nitrogen and oxygen atoms in total. The van der Waals surface area contributed by atoms with Gasteiger partial charge in [0.1, 0.15) is 11.8 Å². The Morgan fingerprint density at radius 3 is 2.55 bits per heavy atom. The van der Waals surface area contributed by atoms with Crippen LogP contribution in [0.25, 0.3) is 0 Å². The standard InChI is InChI=1S/C16H22ClNO4/c1-10(2)7-13(16(20)21-4)18-15(19)9-22-14-6-5-12(17)8-11(14)3/h5-6,8,10,13H,7,9H2,1-4H3,(H,18,19)/t13-/m1/s1. The second-order valence-electron chi connectivity index (χ2n) is 5.47. The van der Waals surface area contributed by atoms with Gasteiger partial charge in [0.25, 0.3) is 5.91 Å². The molecule has 0 aliphatic carbocycles. The maximum Gasteiger partial charge on any atom is 0.328 e. The van der Waals surface area contributed by atoms with Crippen LogP contribution in [0.15, 0.2) is 18.2 Å². The first-order valence-corrected chi connectivity index (χ1v) is 7.47. The van der Waals surface area contributed by atoms with Crippen LogP contribution in [0.2, 0.25) is 5.02 Å². The van der Waals surface area contributed by atoms with Crippen molar-refractivity contribution in [2.75, 3.05) is 13.7 Å². The van der Waals surface area contributed by atoms with Crippen LogP contribution in [0.3, 0.4) is 0 Å². The third-order valence-corrected chi connectivity index (χ3v) is 3.26. The fourth-order valence-corrected chi connectivity index (χ4v) is 2.21. The molecule has 1 aromatic carbocycles. The van der Waals surface area contributed by atoms with Crippen LogP contribution in [-0.2, 0) is 14.3 Å². The van der Waals surface area contributed by atoms with Gasteiger partial charge in [-0.1, -0.05) is 25.4 Å². The molecule has 0 fully saturated rings. The summed E-state index contributed by atoms with van der Waals surface area (Å²) in [6.45, 7) is 5.61.